The summed E-state index contributed by atoms with van der Waals surface area (Å²) in [6, 6.07) is 0. The van der Waals surface area contributed by atoms with Gasteiger partial charge in [0.15, 0.2) is 0 Å². The number of aromatic nitrogens is 2. The number of unbranched alkanes of at least 4 members (excludes halogenated alkanes) is 1. The second-order valence-corrected chi connectivity index (χ2v) is 10.5. The third-order valence-corrected chi connectivity index (χ3v) is 8.49. The van der Waals surface area contributed by atoms with Crippen molar-refractivity contribution >= 4 is 27.5 Å². The number of carbonyl (C=O) groups excluding carboxylic acids is 1. The molecule has 1 N–H and O–H groups in total. The van der Waals surface area contributed by atoms with Gasteiger partial charge in [0.05, 0.1) is 16.6 Å². The van der Waals surface area contributed by atoms with Gasteiger partial charge in [-0.3, -0.25) is 14.2 Å². The fourth-order valence-electron chi connectivity index (χ4n) is 6.42. The number of thiophene rings is 1. The Bertz CT molecular complexity index is 954. The van der Waals surface area contributed by atoms with Gasteiger partial charge in [-0.2, -0.15) is 0 Å². The van der Waals surface area contributed by atoms with Crippen LogP contribution in [0.25, 0.3) is 10.2 Å². The summed E-state index contributed by atoms with van der Waals surface area (Å²) in [6.45, 7) is 4.70. The van der Waals surface area contributed by atoms with Crippen LogP contribution in [0.5, 0.6) is 0 Å². The van der Waals surface area contributed by atoms with Crippen LogP contribution in [0.3, 0.4) is 0 Å². The molecule has 2 aromatic heterocycles. The zero-order chi connectivity index (χ0) is 19.5. The highest BCUT2D eigenvalue weighted by Crippen LogP contribution is 2.55. The maximum Gasteiger partial charge on any atom is 0.262 e. The van der Waals surface area contributed by atoms with Crippen LogP contribution in [0.2, 0.25) is 0 Å². The van der Waals surface area contributed by atoms with Gasteiger partial charge < -0.3 is 5.32 Å². The van der Waals surface area contributed by atoms with E-state index in [0.717, 1.165) is 55.4 Å². The molecule has 5 nitrogen and oxygen atoms in total. The molecule has 150 valence electrons. The van der Waals surface area contributed by atoms with Crippen LogP contribution in [0.4, 0.5) is 0 Å². The van der Waals surface area contributed by atoms with Crippen molar-refractivity contribution < 1.29 is 4.79 Å². The van der Waals surface area contributed by atoms with E-state index in [0.29, 0.717) is 21.6 Å². The van der Waals surface area contributed by atoms with Crippen LogP contribution in [0.1, 0.15) is 73.5 Å². The SMILES string of the molecule is CCCCn1cnc2sc(C(=O)NC34CC5CC(CC(C5)C3)C4)c(C)c2c1=O. The lowest BCUT2D eigenvalue weighted by atomic mass is 9.53. The summed E-state index contributed by atoms with van der Waals surface area (Å²) >= 11 is 1.37. The van der Waals surface area contributed by atoms with Crippen molar-refractivity contribution in [3.05, 3.63) is 27.1 Å². The van der Waals surface area contributed by atoms with Gasteiger partial charge in [-0.25, -0.2) is 4.98 Å². The van der Waals surface area contributed by atoms with E-state index in [4.69, 9.17) is 0 Å². The first-order chi connectivity index (χ1) is 13.5. The van der Waals surface area contributed by atoms with Gasteiger partial charge in [0.25, 0.3) is 11.5 Å². The number of nitrogens with zero attached hydrogens (tertiary/aromatic N) is 2. The van der Waals surface area contributed by atoms with Gasteiger partial charge in [-0.1, -0.05) is 13.3 Å². The molecule has 4 aliphatic rings. The van der Waals surface area contributed by atoms with E-state index >= 15 is 0 Å². The second-order valence-electron chi connectivity index (χ2n) is 9.49. The standard InChI is InChI=1S/C22H29N3O2S/c1-3-4-5-25-12-23-20-17(21(25)27)13(2)18(28-20)19(26)24-22-9-14-6-15(10-22)8-16(7-14)11-22/h12,14-16H,3-11H2,1-2H3,(H,24,26). The Kier molecular flexibility index (Phi) is 4.38. The van der Waals surface area contributed by atoms with Crippen molar-refractivity contribution in [1.82, 2.24) is 14.9 Å². The van der Waals surface area contributed by atoms with Crippen LogP contribution >= 0.6 is 11.3 Å². The molecule has 0 unspecified atom stereocenters. The minimum Gasteiger partial charge on any atom is -0.346 e. The van der Waals surface area contributed by atoms with Crippen LogP contribution in [-0.2, 0) is 6.54 Å². The fraction of sp³-hybridized carbons (Fsp3) is 0.682. The number of fused-ring (bicyclic) bond motifs is 1. The summed E-state index contributed by atoms with van der Waals surface area (Å²) in [4.78, 5) is 32.0. The molecule has 28 heavy (non-hydrogen) atoms. The lowest BCUT2D eigenvalue weighted by Gasteiger charge is -2.56. The summed E-state index contributed by atoms with van der Waals surface area (Å²) in [5.74, 6) is 2.38. The van der Waals surface area contributed by atoms with Crippen molar-refractivity contribution in [2.75, 3.05) is 0 Å². The molecular weight excluding hydrogens is 370 g/mol. The Hall–Kier alpha value is -1.69. The molecule has 0 aromatic carbocycles. The van der Waals surface area contributed by atoms with E-state index in [-0.39, 0.29) is 17.0 Å². The normalized spacial score (nSPS) is 30.9. The molecule has 0 spiro atoms. The highest BCUT2D eigenvalue weighted by molar-refractivity contribution is 7.20. The van der Waals surface area contributed by atoms with Crippen LogP contribution in [0.15, 0.2) is 11.1 Å². The van der Waals surface area contributed by atoms with Crippen molar-refractivity contribution in [2.24, 2.45) is 17.8 Å². The maximum atomic E-state index is 13.3. The minimum absolute atomic E-state index is 0.00181. The van der Waals surface area contributed by atoms with Crippen LogP contribution in [-0.4, -0.2) is 21.0 Å². The predicted molar refractivity (Wildman–Crippen MR) is 112 cm³/mol. The molecule has 0 radical (unpaired) electrons. The van der Waals surface area contributed by atoms with Crippen molar-refractivity contribution in [2.45, 2.75) is 77.3 Å². The Morgan fingerprint density at radius 2 is 1.89 bits per heavy atom. The van der Waals surface area contributed by atoms with E-state index in [1.54, 1.807) is 10.9 Å². The number of carbonyl (C=O) groups is 1. The van der Waals surface area contributed by atoms with E-state index in [1.807, 2.05) is 6.92 Å². The Morgan fingerprint density at radius 1 is 1.25 bits per heavy atom. The summed E-state index contributed by atoms with van der Waals surface area (Å²) in [5.41, 5.74) is 0.773. The highest BCUT2D eigenvalue weighted by atomic mass is 32.1. The number of amides is 1. The maximum absolute atomic E-state index is 13.3. The quantitative estimate of drug-likeness (QED) is 0.817. The van der Waals surface area contributed by atoms with Crippen molar-refractivity contribution in [3.63, 3.8) is 0 Å². The topological polar surface area (TPSA) is 64.0 Å². The fourth-order valence-corrected chi connectivity index (χ4v) is 7.46. The Morgan fingerprint density at radius 3 is 2.50 bits per heavy atom. The lowest BCUT2D eigenvalue weighted by molar-refractivity contribution is -0.0166. The van der Waals surface area contributed by atoms with Crippen LogP contribution in [0, 0.1) is 24.7 Å². The zero-order valence-electron chi connectivity index (χ0n) is 16.8. The second kappa shape index (κ2) is 6.68. The van der Waals surface area contributed by atoms with Crippen molar-refractivity contribution in [1.29, 1.82) is 0 Å². The molecule has 4 fully saturated rings. The smallest absolute Gasteiger partial charge is 0.262 e. The molecule has 6 heteroatoms. The summed E-state index contributed by atoms with van der Waals surface area (Å²) in [5, 5.41) is 4.07. The Labute approximate surface area is 169 Å². The van der Waals surface area contributed by atoms with Gasteiger partial charge in [0.2, 0.25) is 0 Å². The van der Waals surface area contributed by atoms with E-state index in [1.165, 1.54) is 30.6 Å². The first-order valence-electron chi connectivity index (χ1n) is 10.8. The number of hydrogen-bond acceptors (Lipinski definition) is 4. The average molecular weight is 400 g/mol. The summed E-state index contributed by atoms with van der Waals surface area (Å²) < 4.78 is 1.69. The average Bonchev–Trinajstić information content (AvgIpc) is 2.97. The monoisotopic (exact) mass is 399 g/mol. The van der Waals surface area contributed by atoms with Gasteiger partial charge >= 0.3 is 0 Å². The minimum atomic E-state index is -0.0129. The van der Waals surface area contributed by atoms with Crippen LogP contribution < -0.4 is 10.9 Å². The molecule has 0 aliphatic heterocycles. The lowest BCUT2D eigenvalue weighted by Crippen LogP contribution is -2.59. The molecule has 2 aromatic rings. The Balaban J connectivity index is 1.44. The third kappa shape index (κ3) is 2.92. The van der Waals surface area contributed by atoms with E-state index in [9.17, 15) is 9.59 Å². The first-order valence-corrected chi connectivity index (χ1v) is 11.6. The molecule has 4 bridgehead atoms. The molecule has 4 saturated carbocycles. The first kappa shape index (κ1) is 18.3. The number of nitrogens with one attached hydrogen (secondary N) is 1. The highest BCUT2D eigenvalue weighted by Gasteiger charge is 2.51. The van der Waals surface area contributed by atoms with Gasteiger partial charge in [-0.05, 0) is 75.2 Å². The van der Waals surface area contributed by atoms with Crippen molar-refractivity contribution in [3.8, 4) is 0 Å². The molecule has 1 amide bonds. The van der Waals surface area contributed by atoms with Gasteiger partial charge in [0.1, 0.15) is 4.83 Å². The molecule has 4 aliphatic carbocycles. The number of hydrogen-bond donors (Lipinski definition) is 1. The molecule has 6 rings (SSSR count). The predicted octanol–water partition coefficient (Wildman–Crippen LogP) is 4.27. The molecule has 0 saturated heterocycles. The van der Waals surface area contributed by atoms with Gasteiger partial charge in [-0.15, -0.1) is 11.3 Å². The summed E-state index contributed by atoms with van der Waals surface area (Å²) in [7, 11) is 0. The molecule has 2 heterocycles. The van der Waals surface area contributed by atoms with E-state index < -0.39 is 0 Å². The largest absolute Gasteiger partial charge is 0.346 e. The number of aryl methyl sites for hydroxylation is 2. The van der Waals surface area contributed by atoms with Gasteiger partial charge in [0, 0.05) is 12.1 Å². The summed E-state index contributed by atoms with van der Waals surface area (Å²) in [6.07, 6.45) is 11.1. The zero-order valence-corrected chi connectivity index (χ0v) is 17.6. The van der Waals surface area contributed by atoms with E-state index in [2.05, 4.69) is 17.2 Å². The molecule has 0 atom stereocenters. The number of rotatable bonds is 5. The third-order valence-electron chi connectivity index (χ3n) is 7.29. The molecular formula is C22H29N3O2S.